The van der Waals surface area contributed by atoms with Gasteiger partial charge in [0.2, 0.25) is 5.91 Å². The molecule has 0 aromatic heterocycles. The van der Waals surface area contributed by atoms with Crippen molar-refractivity contribution in [2.45, 2.75) is 32.6 Å². The quantitative estimate of drug-likeness (QED) is 0.830. The Bertz CT molecular complexity index is 670. The Balaban J connectivity index is 2.07. The molecule has 1 heterocycles. The SMILES string of the molecule is CC1=C(NC(=O)CCCC(=O)O)CC(=O)N(c2ccccc2)N1C. The van der Waals surface area contributed by atoms with Crippen molar-refractivity contribution in [3.05, 3.63) is 41.7 Å². The van der Waals surface area contributed by atoms with Gasteiger partial charge >= 0.3 is 5.97 Å². The molecule has 7 heteroatoms. The molecule has 1 aliphatic rings. The number of allylic oxidation sites excluding steroid dienone is 1. The monoisotopic (exact) mass is 331 g/mol. The first kappa shape index (κ1) is 17.5. The summed E-state index contributed by atoms with van der Waals surface area (Å²) in [6.45, 7) is 1.83. The molecular weight excluding hydrogens is 310 g/mol. The minimum atomic E-state index is -0.927. The summed E-state index contributed by atoms with van der Waals surface area (Å²) >= 11 is 0. The highest BCUT2D eigenvalue weighted by atomic mass is 16.4. The van der Waals surface area contributed by atoms with Gasteiger partial charge < -0.3 is 10.4 Å². The second-order valence-corrected chi connectivity index (χ2v) is 5.60. The van der Waals surface area contributed by atoms with Crippen molar-refractivity contribution < 1.29 is 19.5 Å². The lowest BCUT2D eigenvalue weighted by Gasteiger charge is -2.39. The fraction of sp³-hybridized carbons (Fsp3) is 0.353. The Kier molecular flexibility index (Phi) is 5.57. The molecule has 1 aliphatic heterocycles. The summed E-state index contributed by atoms with van der Waals surface area (Å²) in [5.41, 5.74) is 2.08. The van der Waals surface area contributed by atoms with E-state index in [2.05, 4.69) is 5.32 Å². The van der Waals surface area contributed by atoms with Crippen LogP contribution in [0.25, 0.3) is 0 Å². The topological polar surface area (TPSA) is 89.9 Å². The van der Waals surface area contributed by atoms with E-state index < -0.39 is 5.97 Å². The zero-order chi connectivity index (χ0) is 17.7. The standard InChI is InChI=1S/C17H21N3O4/c1-12-14(18-15(21)9-6-10-17(23)24)11-16(22)20(19(12)2)13-7-4-3-5-8-13/h3-5,7-8H,6,9-11H2,1-2H3,(H,18,21)(H,23,24). The first-order valence-electron chi connectivity index (χ1n) is 7.73. The van der Waals surface area contributed by atoms with Crippen LogP contribution in [0.15, 0.2) is 41.7 Å². The molecule has 0 unspecified atom stereocenters. The predicted molar refractivity (Wildman–Crippen MR) is 88.6 cm³/mol. The van der Waals surface area contributed by atoms with Crippen LogP contribution in [0, 0.1) is 0 Å². The summed E-state index contributed by atoms with van der Waals surface area (Å²) in [5.74, 6) is -1.35. The largest absolute Gasteiger partial charge is 0.481 e. The fourth-order valence-corrected chi connectivity index (χ4v) is 2.52. The van der Waals surface area contributed by atoms with E-state index in [0.717, 1.165) is 11.4 Å². The number of anilines is 1. The lowest BCUT2D eigenvalue weighted by Crippen LogP contribution is -2.49. The van der Waals surface area contributed by atoms with Crippen molar-refractivity contribution in [1.82, 2.24) is 10.3 Å². The predicted octanol–water partition coefficient (Wildman–Crippen LogP) is 1.87. The van der Waals surface area contributed by atoms with Crippen molar-refractivity contribution >= 4 is 23.5 Å². The van der Waals surface area contributed by atoms with Crippen molar-refractivity contribution in [3.63, 3.8) is 0 Å². The average molecular weight is 331 g/mol. The first-order valence-corrected chi connectivity index (χ1v) is 7.73. The van der Waals surface area contributed by atoms with E-state index in [-0.39, 0.29) is 37.5 Å². The van der Waals surface area contributed by atoms with Gasteiger partial charge in [0, 0.05) is 25.6 Å². The summed E-state index contributed by atoms with van der Waals surface area (Å²) in [4.78, 5) is 34.9. The maximum atomic E-state index is 12.5. The third-order valence-electron chi connectivity index (χ3n) is 3.87. The molecule has 0 atom stereocenters. The van der Waals surface area contributed by atoms with Crippen molar-refractivity contribution in [3.8, 4) is 0 Å². The molecule has 128 valence electrons. The van der Waals surface area contributed by atoms with Gasteiger partial charge in [0.05, 0.1) is 17.8 Å². The maximum absolute atomic E-state index is 12.5. The van der Waals surface area contributed by atoms with E-state index in [1.165, 1.54) is 0 Å². The van der Waals surface area contributed by atoms with E-state index in [1.54, 1.807) is 17.1 Å². The highest BCUT2D eigenvalue weighted by Gasteiger charge is 2.29. The van der Waals surface area contributed by atoms with Crippen molar-refractivity contribution in [2.75, 3.05) is 12.1 Å². The number of carboxylic acid groups (broad SMARTS) is 1. The second kappa shape index (κ2) is 7.63. The molecule has 0 fully saturated rings. The number of carboxylic acids is 1. The summed E-state index contributed by atoms with van der Waals surface area (Å²) in [6, 6.07) is 9.28. The van der Waals surface area contributed by atoms with Crippen LogP contribution in [0.4, 0.5) is 5.69 Å². The van der Waals surface area contributed by atoms with Crippen LogP contribution in [-0.4, -0.2) is 34.9 Å². The molecule has 7 nitrogen and oxygen atoms in total. The van der Waals surface area contributed by atoms with Gasteiger partial charge in [-0.15, -0.1) is 0 Å². The number of para-hydroxylation sites is 1. The van der Waals surface area contributed by atoms with E-state index >= 15 is 0 Å². The van der Waals surface area contributed by atoms with Gasteiger partial charge in [-0.05, 0) is 25.5 Å². The molecule has 0 saturated heterocycles. The Labute approximate surface area is 140 Å². The Hall–Kier alpha value is -2.83. The minimum Gasteiger partial charge on any atom is -0.481 e. The number of hydrogen-bond acceptors (Lipinski definition) is 4. The zero-order valence-corrected chi connectivity index (χ0v) is 13.8. The Morgan fingerprint density at radius 1 is 1.21 bits per heavy atom. The summed E-state index contributed by atoms with van der Waals surface area (Å²) in [7, 11) is 1.76. The van der Waals surface area contributed by atoms with Gasteiger partial charge in [-0.25, -0.2) is 5.01 Å². The highest BCUT2D eigenvalue weighted by molar-refractivity contribution is 5.96. The van der Waals surface area contributed by atoms with Gasteiger partial charge in [0.15, 0.2) is 0 Å². The first-order chi connectivity index (χ1) is 11.4. The lowest BCUT2D eigenvalue weighted by atomic mass is 10.1. The van der Waals surface area contributed by atoms with Crippen molar-refractivity contribution in [2.24, 2.45) is 0 Å². The van der Waals surface area contributed by atoms with Crippen molar-refractivity contribution in [1.29, 1.82) is 0 Å². The number of rotatable bonds is 6. The number of hydrogen-bond donors (Lipinski definition) is 2. The molecule has 0 radical (unpaired) electrons. The molecule has 2 rings (SSSR count). The zero-order valence-electron chi connectivity index (χ0n) is 13.8. The molecule has 24 heavy (non-hydrogen) atoms. The van der Waals surface area contributed by atoms with E-state index in [9.17, 15) is 14.4 Å². The molecule has 2 N–H and O–H groups in total. The normalized spacial score (nSPS) is 14.8. The molecule has 1 aromatic rings. The average Bonchev–Trinajstić information content (AvgIpc) is 2.53. The summed E-state index contributed by atoms with van der Waals surface area (Å²) < 4.78 is 0. The molecule has 1 aromatic carbocycles. The third kappa shape index (κ3) is 4.13. The number of aliphatic carboxylic acids is 1. The Morgan fingerprint density at radius 3 is 2.50 bits per heavy atom. The van der Waals surface area contributed by atoms with E-state index in [4.69, 9.17) is 5.11 Å². The molecule has 0 aliphatic carbocycles. The molecule has 0 bridgehead atoms. The van der Waals surface area contributed by atoms with E-state index in [0.29, 0.717) is 5.70 Å². The number of amides is 2. The number of nitrogens with zero attached hydrogens (tertiary/aromatic N) is 2. The number of nitrogens with one attached hydrogen (secondary N) is 1. The minimum absolute atomic E-state index is 0.0495. The molecule has 2 amide bonds. The van der Waals surface area contributed by atoms with Gasteiger partial charge in [0.25, 0.3) is 5.91 Å². The summed E-state index contributed by atoms with van der Waals surface area (Å²) in [6.07, 6.45) is 0.429. The highest BCUT2D eigenvalue weighted by Crippen LogP contribution is 2.26. The van der Waals surface area contributed by atoms with Gasteiger partial charge in [-0.2, -0.15) is 0 Å². The molecular formula is C17H21N3O4. The maximum Gasteiger partial charge on any atom is 0.303 e. The van der Waals surface area contributed by atoms with Crippen LogP contribution in [0.3, 0.4) is 0 Å². The van der Waals surface area contributed by atoms with E-state index in [1.807, 2.05) is 37.3 Å². The van der Waals surface area contributed by atoms with Crippen LogP contribution in [0.5, 0.6) is 0 Å². The third-order valence-corrected chi connectivity index (χ3v) is 3.87. The Morgan fingerprint density at radius 2 is 1.88 bits per heavy atom. The summed E-state index contributed by atoms with van der Waals surface area (Å²) in [5, 5.41) is 14.6. The fourth-order valence-electron chi connectivity index (χ4n) is 2.52. The number of carbonyl (C=O) groups excluding carboxylic acids is 2. The van der Waals surface area contributed by atoms with Gasteiger partial charge in [0.1, 0.15) is 0 Å². The number of carbonyl (C=O) groups is 3. The van der Waals surface area contributed by atoms with Crippen LogP contribution < -0.4 is 10.3 Å². The molecule has 0 saturated carbocycles. The number of benzene rings is 1. The lowest BCUT2D eigenvalue weighted by molar-refractivity contribution is -0.137. The smallest absolute Gasteiger partial charge is 0.303 e. The van der Waals surface area contributed by atoms with Crippen LogP contribution in [0.2, 0.25) is 0 Å². The van der Waals surface area contributed by atoms with Crippen LogP contribution in [0.1, 0.15) is 32.6 Å². The second-order valence-electron chi connectivity index (χ2n) is 5.60. The number of hydrazine groups is 1. The van der Waals surface area contributed by atoms with Crippen LogP contribution in [-0.2, 0) is 14.4 Å². The van der Waals surface area contributed by atoms with Crippen LogP contribution >= 0.6 is 0 Å². The van der Waals surface area contributed by atoms with Gasteiger partial charge in [-0.1, -0.05) is 18.2 Å². The van der Waals surface area contributed by atoms with Gasteiger partial charge in [-0.3, -0.25) is 19.4 Å². The molecule has 0 spiro atoms.